The van der Waals surface area contributed by atoms with E-state index in [0.29, 0.717) is 0 Å². The molecule has 0 spiro atoms. The summed E-state index contributed by atoms with van der Waals surface area (Å²) in [7, 11) is 0. The average Bonchev–Trinajstić information content (AvgIpc) is 0. The maximum absolute atomic E-state index is 0. The van der Waals surface area contributed by atoms with Crippen LogP contribution >= 0.6 is 0 Å². The second-order valence-corrected chi connectivity index (χ2v) is 0. The Morgan fingerprint density at radius 2 is 0.800 bits per heavy atom. The van der Waals surface area contributed by atoms with Crippen LogP contribution in [0.4, 0.5) is 0 Å². The van der Waals surface area contributed by atoms with Gasteiger partial charge in [0.25, 0.3) is 0 Å². The minimum Gasteiger partial charge on any atom is -0.0149 e. The topological polar surface area (TPSA) is 0 Å². The third-order valence-electron chi connectivity index (χ3n) is 0. The second-order valence-electron chi connectivity index (χ2n) is 0. The SMILES string of the molecule is [AlH3].[BaH2].[CaH2].[SiH4].[SiH4]. The quantitative estimate of drug-likeness (QED) is 0.386. The van der Waals surface area contributed by atoms with Gasteiger partial charge in [0.2, 0.25) is 0 Å². The largest absolute Gasteiger partial charge is 0.0149 e. The van der Waals surface area contributed by atoms with E-state index in [4.69, 9.17) is 0 Å². The van der Waals surface area contributed by atoms with Gasteiger partial charge in [-0.25, -0.2) is 0 Å². The van der Waals surface area contributed by atoms with Crippen molar-refractivity contribution in [3.05, 3.63) is 0 Å². The first-order valence-corrected chi connectivity index (χ1v) is 0. The zero-order chi connectivity index (χ0) is 0. The van der Waals surface area contributed by atoms with Crippen LogP contribution in [0, 0.1) is 0 Å². The van der Waals surface area contributed by atoms with Crippen molar-refractivity contribution < 1.29 is 0 Å². The predicted octanol–water partition coefficient (Wildman–Crippen LogP) is -5.92. The van der Waals surface area contributed by atoms with Crippen molar-refractivity contribution in [2.24, 2.45) is 0 Å². The van der Waals surface area contributed by atoms with E-state index in [1.807, 2.05) is 0 Å². The fourth-order valence-corrected chi connectivity index (χ4v) is 0. The summed E-state index contributed by atoms with van der Waals surface area (Å²) >= 11 is 0. The smallest absolute Gasteiger partial charge is 0.0149 e. The van der Waals surface area contributed by atoms with Crippen molar-refractivity contribution >= 4 is 126 Å². The van der Waals surface area contributed by atoms with Gasteiger partial charge in [0.1, 0.15) is 0 Å². The summed E-state index contributed by atoms with van der Waals surface area (Å²) in [4.78, 5) is 0. The van der Waals surface area contributed by atoms with Crippen LogP contribution in [0.2, 0.25) is 0 Å². The molecule has 0 aromatic carbocycles. The van der Waals surface area contributed by atoms with Crippen molar-refractivity contribution in [3.63, 3.8) is 0 Å². The van der Waals surface area contributed by atoms with Gasteiger partial charge in [-0.3, -0.25) is 0 Å². The van der Waals surface area contributed by atoms with E-state index in [9.17, 15) is 0 Å². The van der Waals surface area contributed by atoms with Crippen molar-refractivity contribution in [2.45, 2.75) is 0 Å². The first-order valence-electron chi connectivity index (χ1n) is 0. The van der Waals surface area contributed by atoms with E-state index in [1.165, 1.54) is 0 Å². The summed E-state index contributed by atoms with van der Waals surface area (Å²) < 4.78 is 0. The first-order chi connectivity index (χ1) is 0. The molecule has 0 saturated carbocycles. The van der Waals surface area contributed by atoms with Crippen LogP contribution in [-0.4, -0.2) is 126 Å². The van der Waals surface area contributed by atoms with E-state index in [0.717, 1.165) is 0 Å². The molecule has 0 heterocycles. The Hall–Kier alpha value is 3.80. The van der Waals surface area contributed by atoms with E-state index in [1.54, 1.807) is 0 Å². The second kappa shape index (κ2) is 25.0. The monoisotopic (exact) mass is 276 g/mol. The molecule has 0 bridgehead atoms. The predicted molar refractivity (Wildman–Crippen MR) is 49.7 cm³/mol. The molecule has 0 rings (SSSR count). The number of rotatable bonds is 0. The van der Waals surface area contributed by atoms with Crippen molar-refractivity contribution in [1.29, 1.82) is 0 Å². The zero-order valence-electron chi connectivity index (χ0n) is 0. The maximum atomic E-state index is 0. The Kier molecular flexibility index (Phi) is 185. The molecule has 0 nitrogen and oxygen atoms in total. The van der Waals surface area contributed by atoms with Crippen molar-refractivity contribution in [1.82, 2.24) is 0 Å². The van der Waals surface area contributed by atoms with E-state index in [2.05, 4.69) is 0 Å². The number of hydrogen-bond donors (Lipinski definition) is 0. The molecule has 30 valence electrons. The molecule has 0 aliphatic rings. The Balaban J connectivity index is 0. The molecule has 0 aliphatic heterocycles. The average molecular weight is 276 g/mol. The fourth-order valence-electron chi connectivity index (χ4n) is 0. The molecule has 0 amide bonds. The summed E-state index contributed by atoms with van der Waals surface area (Å²) in [5.74, 6) is 0. The molecule has 0 N–H and O–H groups in total. The van der Waals surface area contributed by atoms with E-state index < -0.39 is 0 Å². The van der Waals surface area contributed by atoms with E-state index in [-0.39, 0.29) is 126 Å². The van der Waals surface area contributed by atoms with Gasteiger partial charge >= 0.3 is 86.6 Å². The van der Waals surface area contributed by atoms with Crippen LogP contribution in [0.15, 0.2) is 0 Å². The molecule has 0 aromatic rings. The maximum Gasteiger partial charge on any atom is -0.0149 e. The van der Waals surface area contributed by atoms with Gasteiger partial charge in [-0.2, -0.15) is 0 Å². The van der Waals surface area contributed by atoms with Gasteiger partial charge < -0.3 is 0 Å². The van der Waals surface area contributed by atoms with Gasteiger partial charge in [0.05, 0.1) is 0 Å². The molecule has 0 aliphatic carbocycles. The van der Waals surface area contributed by atoms with Crippen LogP contribution in [0.1, 0.15) is 0 Å². The summed E-state index contributed by atoms with van der Waals surface area (Å²) in [6, 6.07) is 0. The molecular weight excluding hydrogens is 261 g/mol. The Morgan fingerprint density at radius 1 is 0.800 bits per heavy atom. The molecule has 0 atom stereocenters. The van der Waals surface area contributed by atoms with Gasteiger partial charge in [0, 0.05) is 0 Å². The molecule has 5 heavy (non-hydrogen) atoms. The minimum absolute atomic E-state index is 0. The molecule has 5 heteroatoms. The van der Waals surface area contributed by atoms with Crippen LogP contribution in [-0.2, 0) is 0 Å². The summed E-state index contributed by atoms with van der Waals surface area (Å²) in [5, 5.41) is 0. The Bertz CT molecular complexity index is 9.61. The van der Waals surface area contributed by atoms with Crippen LogP contribution in [0.3, 0.4) is 0 Å². The third kappa shape index (κ3) is 18.2. The molecule has 0 radical (unpaired) electrons. The summed E-state index contributed by atoms with van der Waals surface area (Å²) in [6.07, 6.45) is 0. The van der Waals surface area contributed by atoms with Gasteiger partial charge in [0.15, 0.2) is 17.4 Å². The van der Waals surface area contributed by atoms with Crippen LogP contribution < -0.4 is 0 Å². The molecule has 0 aromatic heterocycles. The molecule has 0 fully saturated rings. The van der Waals surface area contributed by atoms with Crippen LogP contribution in [0.5, 0.6) is 0 Å². The van der Waals surface area contributed by atoms with E-state index >= 15 is 0 Å². The third-order valence-corrected chi connectivity index (χ3v) is 0. The fraction of sp³-hybridized carbons (Fsp3) is 0. The van der Waals surface area contributed by atoms with Gasteiger partial charge in [-0.1, -0.05) is 0 Å². The van der Waals surface area contributed by atoms with Gasteiger partial charge in [-0.05, 0) is 21.9 Å². The Labute approximate surface area is 122 Å². The first kappa shape index (κ1) is 37.1. The molecular formula is H15AlBaCaSi2. The normalized spacial score (nSPS) is 0. The minimum atomic E-state index is 0. The zero-order valence-corrected chi connectivity index (χ0v) is 0. The summed E-state index contributed by atoms with van der Waals surface area (Å²) in [5.41, 5.74) is 0. The van der Waals surface area contributed by atoms with Crippen LogP contribution in [0.25, 0.3) is 0 Å². The summed E-state index contributed by atoms with van der Waals surface area (Å²) in [6.45, 7) is 0. The van der Waals surface area contributed by atoms with Crippen molar-refractivity contribution in [3.8, 4) is 0 Å². The molecule has 0 saturated heterocycles. The van der Waals surface area contributed by atoms with Crippen molar-refractivity contribution in [2.75, 3.05) is 0 Å². The number of hydrogen-bond acceptors (Lipinski definition) is 0. The van der Waals surface area contributed by atoms with Gasteiger partial charge in [-0.15, -0.1) is 0 Å². The molecule has 0 unspecified atom stereocenters. The standard InChI is InChI=1S/Al.Ba.Ca.2H4Si.7H/h;;;2*1H4;;;;;;;. The Morgan fingerprint density at radius 3 is 0.800 bits per heavy atom.